The van der Waals surface area contributed by atoms with Crippen LogP contribution in [0.2, 0.25) is 5.02 Å². The van der Waals surface area contributed by atoms with Gasteiger partial charge < -0.3 is 9.47 Å². The van der Waals surface area contributed by atoms with Gasteiger partial charge in [0.25, 0.3) is 0 Å². The van der Waals surface area contributed by atoms with Crippen molar-refractivity contribution < 1.29 is 9.47 Å². The monoisotopic (exact) mass is 376 g/mol. The standard InChI is InChI=1S/C23H33ClO2/c1-16(2)9-8-10-18(5)12-14-19-20(13-11-17(3)4)23(26-7)21(24)15-22(19)25-6/h9,11-12,15H,8,10,13-14H2,1-7H3/b18-12+. The number of ether oxygens (including phenoxy) is 2. The molecular formula is C23H33ClO2. The van der Waals surface area contributed by atoms with Crippen LogP contribution in [0.3, 0.4) is 0 Å². The van der Waals surface area contributed by atoms with Crippen molar-refractivity contribution in [3.05, 3.63) is 57.2 Å². The Labute approximate surface area is 164 Å². The molecule has 2 nitrogen and oxygen atoms in total. The first-order valence-corrected chi connectivity index (χ1v) is 9.52. The summed E-state index contributed by atoms with van der Waals surface area (Å²) in [6, 6.07) is 1.86. The van der Waals surface area contributed by atoms with Gasteiger partial charge in [0.1, 0.15) is 11.5 Å². The zero-order chi connectivity index (χ0) is 19.7. The lowest BCUT2D eigenvalue weighted by atomic mass is 9.97. The third kappa shape index (κ3) is 6.92. The zero-order valence-corrected chi connectivity index (χ0v) is 18.1. The zero-order valence-electron chi connectivity index (χ0n) is 17.3. The Morgan fingerprint density at radius 3 is 2.04 bits per heavy atom. The fraction of sp³-hybridized carbons (Fsp3) is 0.478. The van der Waals surface area contributed by atoms with Crippen LogP contribution in [0.15, 0.2) is 41.0 Å². The van der Waals surface area contributed by atoms with E-state index in [1.54, 1.807) is 14.2 Å². The SMILES string of the molecule is COc1cc(Cl)c(OC)c(CC=C(C)C)c1C/C=C(\C)CCC=C(C)C. The third-order valence-electron chi connectivity index (χ3n) is 4.29. The van der Waals surface area contributed by atoms with Gasteiger partial charge in [0.05, 0.1) is 19.2 Å². The lowest BCUT2D eigenvalue weighted by Gasteiger charge is -2.18. The van der Waals surface area contributed by atoms with Gasteiger partial charge >= 0.3 is 0 Å². The first kappa shape index (κ1) is 22.4. The molecule has 1 aromatic carbocycles. The molecular weight excluding hydrogens is 344 g/mol. The molecule has 1 aromatic rings. The van der Waals surface area contributed by atoms with Crippen molar-refractivity contribution in [1.82, 2.24) is 0 Å². The van der Waals surface area contributed by atoms with Crippen LogP contribution >= 0.6 is 11.6 Å². The first-order valence-electron chi connectivity index (χ1n) is 9.14. The number of halogens is 1. The van der Waals surface area contributed by atoms with Gasteiger partial charge in [-0.1, -0.05) is 46.5 Å². The Morgan fingerprint density at radius 2 is 1.50 bits per heavy atom. The summed E-state index contributed by atoms with van der Waals surface area (Å²) >= 11 is 6.41. The third-order valence-corrected chi connectivity index (χ3v) is 4.58. The van der Waals surface area contributed by atoms with Gasteiger partial charge in [-0.15, -0.1) is 0 Å². The molecule has 0 aliphatic rings. The fourth-order valence-electron chi connectivity index (χ4n) is 2.81. The summed E-state index contributed by atoms with van der Waals surface area (Å²) in [5, 5.41) is 0.592. The average molecular weight is 377 g/mol. The number of rotatable bonds is 9. The molecule has 0 N–H and O–H groups in total. The van der Waals surface area contributed by atoms with E-state index in [4.69, 9.17) is 21.1 Å². The molecule has 0 aliphatic carbocycles. The molecule has 144 valence electrons. The second-order valence-electron chi connectivity index (χ2n) is 7.11. The van der Waals surface area contributed by atoms with E-state index in [0.29, 0.717) is 5.02 Å². The predicted octanol–water partition coefficient (Wildman–Crippen LogP) is 7.10. The lowest BCUT2D eigenvalue weighted by molar-refractivity contribution is 0.396. The van der Waals surface area contributed by atoms with Crippen molar-refractivity contribution in [2.45, 2.75) is 60.3 Å². The summed E-state index contributed by atoms with van der Waals surface area (Å²) in [6.07, 6.45) is 10.5. The maximum Gasteiger partial charge on any atom is 0.141 e. The minimum Gasteiger partial charge on any atom is -0.496 e. The smallest absolute Gasteiger partial charge is 0.141 e. The van der Waals surface area contributed by atoms with Crippen molar-refractivity contribution in [1.29, 1.82) is 0 Å². The predicted molar refractivity (Wildman–Crippen MR) is 114 cm³/mol. The highest BCUT2D eigenvalue weighted by Gasteiger charge is 2.17. The highest BCUT2D eigenvalue weighted by molar-refractivity contribution is 6.32. The van der Waals surface area contributed by atoms with Crippen LogP contribution in [-0.4, -0.2) is 14.2 Å². The Bertz CT molecular complexity index is 689. The largest absolute Gasteiger partial charge is 0.496 e. The highest BCUT2D eigenvalue weighted by Crippen LogP contribution is 2.38. The molecule has 0 aromatic heterocycles. The van der Waals surface area contributed by atoms with Crippen LogP contribution in [0, 0.1) is 0 Å². The minimum atomic E-state index is 0.592. The molecule has 0 unspecified atom stereocenters. The Morgan fingerprint density at radius 1 is 0.885 bits per heavy atom. The maximum atomic E-state index is 6.41. The Hall–Kier alpha value is -1.67. The molecule has 0 amide bonds. The molecule has 0 heterocycles. The number of allylic oxidation sites excluding steroid dienone is 6. The number of hydrogen-bond acceptors (Lipinski definition) is 2. The fourth-order valence-corrected chi connectivity index (χ4v) is 3.10. The summed E-state index contributed by atoms with van der Waals surface area (Å²) in [4.78, 5) is 0. The topological polar surface area (TPSA) is 18.5 Å². The molecule has 3 heteroatoms. The lowest BCUT2D eigenvalue weighted by Crippen LogP contribution is -2.02. The number of benzene rings is 1. The first-order chi connectivity index (χ1) is 12.3. The Kier molecular flexibility index (Phi) is 9.58. The summed E-state index contributed by atoms with van der Waals surface area (Å²) in [5.41, 5.74) is 6.27. The normalized spacial score (nSPS) is 11.2. The number of hydrogen-bond donors (Lipinski definition) is 0. The highest BCUT2D eigenvalue weighted by atomic mass is 35.5. The maximum absolute atomic E-state index is 6.41. The van der Waals surface area contributed by atoms with Crippen LogP contribution in [-0.2, 0) is 12.8 Å². The molecule has 0 saturated heterocycles. The van der Waals surface area contributed by atoms with Gasteiger partial charge in [0.15, 0.2) is 0 Å². The van der Waals surface area contributed by atoms with Gasteiger partial charge in [-0.25, -0.2) is 0 Å². The summed E-state index contributed by atoms with van der Waals surface area (Å²) in [7, 11) is 3.36. The molecule has 0 saturated carbocycles. The van der Waals surface area contributed by atoms with Gasteiger partial charge in [0, 0.05) is 17.2 Å². The summed E-state index contributed by atoms with van der Waals surface area (Å²) < 4.78 is 11.2. The van der Waals surface area contributed by atoms with E-state index in [2.05, 4.69) is 52.8 Å². The minimum absolute atomic E-state index is 0.592. The van der Waals surface area contributed by atoms with Crippen LogP contribution in [0.25, 0.3) is 0 Å². The van der Waals surface area contributed by atoms with E-state index >= 15 is 0 Å². The molecule has 0 spiro atoms. The van der Waals surface area contributed by atoms with Gasteiger partial charge in [0.2, 0.25) is 0 Å². The van der Waals surface area contributed by atoms with E-state index in [1.165, 1.54) is 16.7 Å². The van der Waals surface area contributed by atoms with Crippen LogP contribution in [0.5, 0.6) is 11.5 Å². The molecule has 0 aliphatic heterocycles. The van der Waals surface area contributed by atoms with E-state index < -0.39 is 0 Å². The molecule has 0 bridgehead atoms. The molecule has 1 rings (SSSR count). The van der Waals surface area contributed by atoms with Gasteiger partial charge in [-0.05, 0) is 60.3 Å². The quantitative estimate of drug-likeness (QED) is 0.428. The van der Waals surface area contributed by atoms with Gasteiger partial charge in [-0.3, -0.25) is 0 Å². The van der Waals surface area contributed by atoms with Gasteiger partial charge in [-0.2, -0.15) is 0 Å². The van der Waals surface area contributed by atoms with Crippen LogP contribution in [0.1, 0.15) is 58.6 Å². The van der Waals surface area contributed by atoms with Crippen LogP contribution < -0.4 is 9.47 Å². The second-order valence-corrected chi connectivity index (χ2v) is 7.52. The van der Waals surface area contributed by atoms with E-state index in [9.17, 15) is 0 Å². The van der Waals surface area contributed by atoms with Crippen molar-refractivity contribution in [2.24, 2.45) is 0 Å². The van der Waals surface area contributed by atoms with Crippen LogP contribution in [0.4, 0.5) is 0 Å². The van der Waals surface area contributed by atoms with Crippen molar-refractivity contribution in [2.75, 3.05) is 14.2 Å². The molecule has 0 fully saturated rings. The van der Waals surface area contributed by atoms with Crippen molar-refractivity contribution in [3.63, 3.8) is 0 Å². The summed E-state index contributed by atoms with van der Waals surface area (Å²) in [5.74, 6) is 1.57. The molecule has 0 radical (unpaired) electrons. The second kappa shape index (κ2) is 11.1. The van der Waals surface area contributed by atoms with Crippen molar-refractivity contribution >= 4 is 11.6 Å². The molecule has 0 atom stereocenters. The average Bonchev–Trinajstić information content (AvgIpc) is 2.57. The summed E-state index contributed by atoms with van der Waals surface area (Å²) in [6.45, 7) is 10.7. The van der Waals surface area contributed by atoms with E-state index in [-0.39, 0.29) is 0 Å². The van der Waals surface area contributed by atoms with E-state index in [1.807, 2.05) is 6.07 Å². The molecule has 26 heavy (non-hydrogen) atoms. The number of methoxy groups -OCH3 is 2. The van der Waals surface area contributed by atoms with E-state index in [0.717, 1.165) is 48.3 Å². The Balaban J connectivity index is 3.21. The van der Waals surface area contributed by atoms with Crippen molar-refractivity contribution in [3.8, 4) is 11.5 Å².